The summed E-state index contributed by atoms with van der Waals surface area (Å²) in [4.78, 5) is 26.3. The molecule has 2 aromatic carbocycles. The molecule has 5 heteroatoms. The molecule has 0 bridgehead atoms. The summed E-state index contributed by atoms with van der Waals surface area (Å²) in [5.41, 5.74) is 2.46. The Bertz CT molecular complexity index is 943. The van der Waals surface area contributed by atoms with Gasteiger partial charge in [0.2, 0.25) is 0 Å². The number of nitrogens with zero attached hydrogens (tertiary/aromatic N) is 1. The zero-order valence-electron chi connectivity index (χ0n) is 14.3. The average molecular weight is 336 g/mol. The molecule has 0 atom stereocenters. The zero-order valence-corrected chi connectivity index (χ0v) is 14.3. The van der Waals surface area contributed by atoms with Crippen LogP contribution < -0.4 is 15.6 Å². The van der Waals surface area contributed by atoms with Gasteiger partial charge < -0.3 is 14.6 Å². The van der Waals surface area contributed by atoms with E-state index in [1.54, 1.807) is 24.3 Å². The number of hydrogen-bond donors (Lipinski definition) is 1. The number of rotatable bonds is 5. The Morgan fingerprint density at radius 2 is 1.80 bits per heavy atom. The minimum Gasteiger partial charge on any atom is -0.451 e. The van der Waals surface area contributed by atoms with Gasteiger partial charge in [0.15, 0.2) is 11.2 Å². The average Bonchev–Trinajstić information content (AvgIpc) is 2.62. The summed E-state index contributed by atoms with van der Waals surface area (Å²) in [5.74, 6) is -0.348. The standard InChI is InChI=1S/C20H20N2O3/c1-22(2)15-9-7-14(8-10-15)11-12-21-20(24)19-13-17(23)16-5-3-4-6-18(16)25-19/h3-10,13H,11-12H2,1-2H3,(H,21,24). The molecule has 0 spiro atoms. The lowest BCUT2D eigenvalue weighted by atomic mass is 10.1. The van der Waals surface area contributed by atoms with Crippen LogP contribution in [0, 0.1) is 0 Å². The summed E-state index contributed by atoms with van der Waals surface area (Å²) >= 11 is 0. The molecule has 0 radical (unpaired) electrons. The number of carbonyl (C=O) groups is 1. The lowest BCUT2D eigenvalue weighted by molar-refractivity contribution is 0.0927. The fourth-order valence-electron chi connectivity index (χ4n) is 2.58. The molecule has 1 aromatic heterocycles. The van der Waals surface area contributed by atoms with E-state index in [2.05, 4.69) is 5.32 Å². The lowest BCUT2D eigenvalue weighted by Gasteiger charge is -2.12. The Hall–Kier alpha value is -3.08. The maximum absolute atomic E-state index is 12.2. The number of anilines is 1. The minimum atomic E-state index is -0.382. The van der Waals surface area contributed by atoms with Crippen molar-refractivity contribution in [3.8, 4) is 0 Å². The Morgan fingerprint density at radius 3 is 2.52 bits per heavy atom. The van der Waals surface area contributed by atoms with Crippen molar-refractivity contribution in [3.05, 3.63) is 76.1 Å². The van der Waals surface area contributed by atoms with Gasteiger partial charge in [-0.3, -0.25) is 9.59 Å². The summed E-state index contributed by atoms with van der Waals surface area (Å²) in [6.07, 6.45) is 0.706. The molecule has 0 saturated carbocycles. The molecule has 1 N–H and O–H groups in total. The van der Waals surface area contributed by atoms with Crippen molar-refractivity contribution in [2.75, 3.05) is 25.5 Å². The van der Waals surface area contributed by atoms with Gasteiger partial charge in [-0.25, -0.2) is 0 Å². The van der Waals surface area contributed by atoms with Crippen LogP contribution in [0.5, 0.6) is 0 Å². The Balaban J connectivity index is 1.64. The Labute approximate surface area is 145 Å². The molecule has 0 aliphatic rings. The van der Waals surface area contributed by atoms with E-state index >= 15 is 0 Å². The SMILES string of the molecule is CN(C)c1ccc(CCNC(=O)c2cc(=O)c3ccccc3o2)cc1. The monoisotopic (exact) mass is 336 g/mol. The van der Waals surface area contributed by atoms with Crippen molar-refractivity contribution in [2.45, 2.75) is 6.42 Å². The van der Waals surface area contributed by atoms with Crippen LogP contribution >= 0.6 is 0 Å². The zero-order chi connectivity index (χ0) is 17.8. The number of carbonyl (C=O) groups excluding carboxylic acids is 1. The van der Waals surface area contributed by atoms with Gasteiger partial charge >= 0.3 is 0 Å². The largest absolute Gasteiger partial charge is 0.451 e. The van der Waals surface area contributed by atoms with Gasteiger partial charge in [-0.1, -0.05) is 24.3 Å². The van der Waals surface area contributed by atoms with Gasteiger partial charge in [0.25, 0.3) is 5.91 Å². The predicted octanol–water partition coefficient (Wildman–Crippen LogP) is 2.83. The molecule has 1 amide bonds. The van der Waals surface area contributed by atoms with Crippen LogP contribution in [0.15, 0.2) is 63.8 Å². The van der Waals surface area contributed by atoms with Crippen molar-refractivity contribution < 1.29 is 9.21 Å². The normalized spacial score (nSPS) is 10.6. The van der Waals surface area contributed by atoms with Crippen LogP contribution in [0.3, 0.4) is 0 Å². The smallest absolute Gasteiger partial charge is 0.287 e. The molecule has 3 rings (SSSR count). The highest BCUT2D eigenvalue weighted by Crippen LogP contribution is 2.13. The molecule has 3 aromatic rings. The second-order valence-electron chi connectivity index (χ2n) is 6.04. The van der Waals surface area contributed by atoms with Crippen LogP contribution in [0.4, 0.5) is 5.69 Å². The van der Waals surface area contributed by atoms with Gasteiger partial charge in [-0.05, 0) is 36.2 Å². The van der Waals surface area contributed by atoms with E-state index in [0.29, 0.717) is 23.9 Å². The predicted molar refractivity (Wildman–Crippen MR) is 99.3 cm³/mol. The van der Waals surface area contributed by atoms with Crippen molar-refractivity contribution in [3.63, 3.8) is 0 Å². The highest BCUT2D eigenvalue weighted by atomic mass is 16.3. The summed E-state index contributed by atoms with van der Waals surface area (Å²) in [5, 5.41) is 3.27. The number of hydrogen-bond acceptors (Lipinski definition) is 4. The number of para-hydroxylation sites is 1. The number of benzene rings is 2. The molecule has 0 aliphatic carbocycles. The van der Waals surface area contributed by atoms with Crippen LogP contribution in [0.2, 0.25) is 0 Å². The van der Waals surface area contributed by atoms with Crippen LogP contribution in [-0.2, 0) is 6.42 Å². The van der Waals surface area contributed by atoms with Crippen LogP contribution in [0.1, 0.15) is 16.1 Å². The maximum atomic E-state index is 12.2. The molecule has 0 fully saturated rings. The summed E-state index contributed by atoms with van der Waals surface area (Å²) < 4.78 is 5.53. The fraction of sp³-hybridized carbons (Fsp3) is 0.200. The molecule has 0 saturated heterocycles. The third kappa shape index (κ3) is 3.88. The van der Waals surface area contributed by atoms with Crippen molar-refractivity contribution in [1.29, 1.82) is 0 Å². The quantitative estimate of drug-likeness (QED) is 0.778. The van der Waals surface area contributed by atoms with Crippen molar-refractivity contribution in [1.82, 2.24) is 5.32 Å². The highest BCUT2D eigenvalue weighted by molar-refractivity contribution is 5.93. The minimum absolute atomic E-state index is 0.0339. The first kappa shape index (κ1) is 16.8. The first-order valence-electron chi connectivity index (χ1n) is 8.12. The first-order valence-corrected chi connectivity index (χ1v) is 8.12. The molecule has 0 unspecified atom stereocenters. The molecular formula is C20H20N2O3. The third-order valence-electron chi connectivity index (χ3n) is 4.01. The molecular weight excluding hydrogens is 316 g/mol. The van der Waals surface area contributed by atoms with Crippen LogP contribution in [-0.4, -0.2) is 26.5 Å². The van der Waals surface area contributed by atoms with Gasteiger partial charge in [-0.15, -0.1) is 0 Å². The molecule has 128 valence electrons. The maximum Gasteiger partial charge on any atom is 0.287 e. The summed E-state index contributed by atoms with van der Waals surface area (Å²) in [6.45, 7) is 0.469. The van der Waals surface area contributed by atoms with Gasteiger partial charge in [-0.2, -0.15) is 0 Å². The van der Waals surface area contributed by atoms with Gasteiger partial charge in [0, 0.05) is 32.4 Å². The van der Waals surface area contributed by atoms with Gasteiger partial charge in [0.1, 0.15) is 5.58 Å². The van der Waals surface area contributed by atoms with Gasteiger partial charge in [0.05, 0.1) is 5.39 Å². The second kappa shape index (κ2) is 7.21. The van der Waals surface area contributed by atoms with E-state index in [1.807, 2.05) is 43.3 Å². The molecule has 1 heterocycles. The Kier molecular flexibility index (Phi) is 4.84. The number of nitrogens with one attached hydrogen (secondary N) is 1. The topological polar surface area (TPSA) is 62.6 Å². The van der Waals surface area contributed by atoms with Crippen molar-refractivity contribution >= 4 is 22.6 Å². The van der Waals surface area contributed by atoms with E-state index in [4.69, 9.17) is 4.42 Å². The van der Waals surface area contributed by atoms with Crippen LogP contribution in [0.25, 0.3) is 11.0 Å². The van der Waals surface area contributed by atoms with E-state index in [-0.39, 0.29) is 17.1 Å². The van der Waals surface area contributed by atoms with E-state index in [0.717, 1.165) is 11.3 Å². The van der Waals surface area contributed by atoms with E-state index in [1.165, 1.54) is 6.07 Å². The number of fused-ring (bicyclic) bond motifs is 1. The molecule has 5 nitrogen and oxygen atoms in total. The molecule has 25 heavy (non-hydrogen) atoms. The Morgan fingerprint density at radius 1 is 1.08 bits per heavy atom. The lowest BCUT2D eigenvalue weighted by Crippen LogP contribution is -2.26. The second-order valence-corrected chi connectivity index (χ2v) is 6.04. The fourth-order valence-corrected chi connectivity index (χ4v) is 2.58. The third-order valence-corrected chi connectivity index (χ3v) is 4.01. The summed E-state index contributed by atoms with van der Waals surface area (Å²) in [7, 11) is 3.99. The van der Waals surface area contributed by atoms with E-state index in [9.17, 15) is 9.59 Å². The summed E-state index contributed by atoms with van der Waals surface area (Å²) in [6, 6.07) is 16.3. The van der Waals surface area contributed by atoms with E-state index < -0.39 is 0 Å². The highest BCUT2D eigenvalue weighted by Gasteiger charge is 2.11. The first-order chi connectivity index (χ1) is 12.0. The van der Waals surface area contributed by atoms with Crippen molar-refractivity contribution in [2.24, 2.45) is 0 Å². The molecule has 0 aliphatic heterocycles. The number of amides is 1.